The lowest BCUT2D eigenvalue weighted by molar-refractivity contribution is 0.0730. The molecule has 2 aromatic carbocycles. The summed E-state index contributed by atoms with van der Waals surface area (Å²) in [5.41, 5.74) is 1.95. The zero-order valence-electron chi connectivity index (χ0n) is 19.9. The molecule has 2 aliphatic heterocycles. The first-order chi connectivity index (χ1) is 16.3. The van der Waals surface area contributed by atoms with Gasteiger partial charge in [-0.3, -0.25) is 4.79 Å². The first-order valence-electron chi connectivity index (χ1n) is 11.7. The molecule has 2 aromatic rings. The summed E-state index contributed by atoms with van der Waals surface area (Å²) in [5, 5.41) is 3.11. The maximum atomic E-state index is 13.4. The Kier molecular flexibility index (Phi) is 7.45. The van der Waals surface area contributed by atoms with Crippen LogP contribution in [0.1, 0.15) is 47.8 Å². The highest BCUT2D eigenvalue weighted by molar-refractivity contribution is 7.89. The summed E-state index contributed by atoms with van der Waals surface area (Å²) in [4.78, 5) is 13.5. The predicted octanol–water partition coefficient (Wildman–Crippen LogP) is 3.30. The van der Waals surface area contributed by atoms with E-state index < -0.39 is 10.0 Å². The fourth-order valence-corrected chi connectivity index (χ4v) is 5.60. The van der Waals surface area contributed by atoms with Gasteiger partial charge >= 0.3 is 0 Å². The number of carbonyl (C=O) groups excluding carboxylic acids is 1. The molecule has 1 saturated heterocycles. The van der Waals surface area contributed by atoms with Crippen LogP contribution < -0.4 is 14.8 Å². The van der Waals surface area contributed by atoms with Crippen molar-refractivity contribution in [2.24, 2.45) is 5.92 Å². The predicted molar refractivity (Wildman–Crippen MR) is 128 cm³/mol. The maximum absolute atomic E-state index is 13.4. The molecule has 0 aliphatic carbocycles. The summed E-state index contributed by atoms with van der Waals surface area (Å²) in [6, 6.07) is 10.1. The van der Waals surface area contributed by atoms with Gasteiger partial charge in [0.25, 0.3) is 5.91 Å². The van der Waals surface area contributed by atoms with Crippen molar-refractivity contribution in [3.05, 3.63) is 53.1 Å². The maximum Gasteiger partial charge on any atom is 0.252 e. The number of ether oxygens (including phenoxy) is 3. The van der Waals surface area contributed by atoms with Crippen LogP contribution in [0, 0.1) is 12.8 Å². The number of amides is 1. The summed E-state index contributed by atoms with van der Waals surface area (Å²) < 4.78 is 44.4. The molecule has 34 heavy (non-hydrogen) atoms. The SMILES string of the molecule is Cc1ccc(S(=O)(=O)N2CCOCC2)cc1C(=O)NC(c1ccc2c(c1)OCCCO2)C(C)C. The van der Waals surface area contributed by atoms with Crippen LogP contribution in [0.15, 0.2) is 41.3 Å². The second-order valence-electron chi connectivity index (χ2n) is 8.94. The number of morpholine rings is 1. The van der Waals surface area contributed by atoms with Crippen LogP contribution in [0.4, 0.5) is 0 Å². The molecule has 1 N–H and O–H groups in total. The molecule has 8 nitrogen and oxygen atoms in total. The van der Waals surface area contributed by atoms with Crippen molar-refractivity contribution in [2.45, 2.75) is 38.1 Å². The first-order valence-corrected chi connectivity index (χ1v) is 13.1. The topological polar surface area (TPSA) is 94.2 Å². The first kappa shape index (κ1) is 24.5. The fraction of sp³-hybridized carbons (Fsp3) is 0.480. The summed E-state index contributed by atoms with van der Waals surface area (Å²) in [6.45, 7) is 8.39. The third-order valence-corrected chi connectivity index (χ3v) is 8.04. The molecule has 1 amide bonds. The molecular weight excluding hydrogens is 456 g/mol. The molecule has 4 rings (SSSR count). The van der Waals surface area contributed by atoms with Crippen LogP contribution in [-0.2, 0) is 14.8 Å². The second kappa shape index (κ2) is 10.3. The molecule has 2 heterocycles. The Balaban J connectivity index is 1.59. The smallest absolute Gasteiger partial charge is 0.252 e. The zero-order chi connectivity index (χ0) is 24.3. The van der Waals surface area contributed by atoms with E-state index in [0.29, 0.717) is 62.1 Å². The minimum Gasteiger partial charge on any atom is -0.490 e. The van der Waals surface area contributed by atoms with Crippen molar-refractivity contribution >= 4 is 15.9 Å². The summed E-state index contributed by atoms with van der Waals surface area (Å²) in [5.74, 6) is 1.15. The van der Waals surface area contributed by atoms with Gasteiger partial charge in [0.2, 0.25) is 10.0 Å². The number of carbonyl (C=O) groups is 1. The lowest BCUT2D eigenvalue weighted by Crippen LogP contribution is -2.40. The Morgan fingerprint density at radius 1 is 0.971 bits per heavy atom. The highest BCUT2D eigenvalue weighted by atomic mass is 32.2. The molecule has 0 bridgehead atoms. The quantitative estimate of drug-likeness (QED) is 0.671. The molecule has 1 fully saturated rings. The van der Waals surface area contributed by atoms with E-state index in [1.165, 1.54) is 10.4 Å². The lowest BCUT2D eigenvalue weighted by atomic mass is 9.95. The van der Waals surface area contributed by atoms with E-state index >= 15 is 0 Å². The summed E-state index contributed by atoms with van der Waals surface area (Å²) >= 11 is 0. The summed E-state index contributed by atoms with van der Waals surface area (Å²) in [7, 11) is -3.70. The average Bonchev–Trinajstić information content (AvgIpc) is 3.08. The number of nitrogens with one attached hydrogen (secondary N) is 1. The van der Waals surface area contributed by atoms with E-state index in [1.807, 2.05) is 32.0 Å². The molecule has 0 aromatic heterocycles. The molecule has 9 heteroatoms. The number of sulfonamides is 1. The van der Waals surface area contributed by atoms with Crippen molar-refractivity contribution in [3.63, 3.8) is 0 Å². The van der Waals surface area contributed by atoms with E-state index in [0.717, 1.165) is 12.0 Å². The van der Waals surface area contributed by atoms with Gasteiger partial charge in [-0.05, 0) is 48.2 Å². The molecular formula is C25H32N2O6S. The van der Waals surface area contributed by atoms with E-state index in [2.05, 4.69) is 5.32 Å². The van der Waals surface area contributed by atoms with E-state index in [1.54, 1.807) is 19.1 Å². The fourth-order valence-electron chi connectivity index (χ4n) is 4.17. The molecule has 0 saturated carbocycles. The monoisotopic (exact) mass is 488 g/mol. The number of hydrogen-bond donors (Lipinski definition) is 1. The Labute approximate surface area is 201 Å². The molecule has 0 spiro atoms. The number of nitrogens with zero attached hydrogens (tertiary/aromatic N) is 1. The number of hydrogen-bond acceptors (Lipinski definition) is 6. The van der Waals surface area contributed by atoms with Gasteiger partial charge < -0.3 is 19.5 Å². The van der Waals surface area contributed by atoms with Crippen LogP contribution in [0.3, 0.4) is 0 Å². The van der Waals surface area contributed by atoms with Crippen molar-refractivity contribution in [3.8, 4) is 11.5 Å². The molecule has 0 radical (unpaired) electrons. The minimum absolute atomic E-state index is 0.0919. The third-order valence-electron chi connectivity index (χ3n) is 6.15. The van der Waals surface area contributed by atoms with E-state index in [4.69, 9.17) is 14.2 Å². The lowest BCUT2D eigenvalue weighted by Gasteiger charge is -2.27. The Morgan fingerprint density at radius 2 is 1.68 bits per heavy atom. The number of benzene rings is 2. The highest BCUT2D eigenvalue weighted by Crippen LogP contribution is 2.34. The van der Waals surface area contributed by atoms with Crippen molar-refractivity contribution in [2.75, 3.05) is 39.5 Å². The van der Waals surface area contributed by atoms with Gasteiger partial charge in [0.15, 0.2) is 11.5 Å². The van der Waals surface area contributed by atoms with Gasteiger partial charge in [-0.1, -0.05) is 26.0 Å². The minimum atomic E-state index is -3.70. The Hall–Kier alpha value is -2.62. The number of aryl methyl sites for hydroxylation is 1. The molecule has 1 atom stereocenters. The average molecular weight is 489 g/mol. The van der Waals surface area contributed by atoms with Gasteiger partial charge in [-0.15, -0.1) is 0 Å². The van der Waals surface area contributed by atoms with Gasteiger partial charge in [0.1, 0.15) is 0 Å². The standard InChI is InChI=1S/C25H32N2O6S/c1-17(2)24(19-6-8-22-23(15-19)33-12-4-11-32-22)26-25(28)21-16-20(7-5-18(21)3)34(29,30)27-9-13-31-14-10-27/h5-8,15-17,24H,4,9-14H2,1-3H3,(H,26,28). The third kappa shape index (κ3) is 5.21. The molecule has 184 valence electrons. The largest absolute Gasteiger partial charge is 0.490 e. The van der Waals surface area contributed by atoms with Crippen LogP contribution in [-0.4, -0.2) is 58.1 Å². The van der Waals surface area contributed by atoms with E-state index in [9.17, 15) is 13.2 Å². The highest BCUT2D eigenvalue weighted by Gasteiger charge is 2.28. The molecule has 2 aliphatic rings. The normalized spacial score (nSPS) is 17.8. The van der Waals surface area contributed by atoms with Gasteiger partial charge in [0.05, 0.1) is 37.4 Å². The van der Waals surface area contributed by atoms with Crippen LogP contribution in [0.5, 0.6) is 11.5 Å². The van der Waals surface area contributed by atoms with Crippen molar-refractivity contribution < 1.29 is 27.4 Å². The Bertz CT molecular complexity index is 1140. The molecule has 1 unspecified atom stereocenters. The number of rotatable bonds is 6. The number of fused-ring (bicyclic) bond motifs is 1. The van der Waals surface area contributed by atoms with Crippen molar-refractivity contribution in [1.29, 1.82) is 0 Å². The van der Waals surface area contributed by atoms with Crippen LogP contribution in [0.2, 0.25) is 0 Å². The van der Waals surface area contributed by atoms with Crippen molar-refractivity contribution in [1.82, 2.24) is 9.62 Å². The van der Waals surface area contributed by atoms with Crippen LogP contribution in [0.25, 0.3) is 0 Å². The van der Waals surface area contributed by atoms with Crippen LogP contribution >= 0.6 is 0 Å². The van der Waals surface area contributed by atoms with Gasteiger partial charge in [-0.2, -0.15) is 4.31 Å². The van der Waals surface area contributed by atoms with Gasteiger partial charge in [0, 0.05) is 25.1 Å². The second-order valence-corrected chi connectivity index (χ2v) is 10.9. The van der Waals surface area contributed by atoms with E-state index in [-0.39, 0.29) is 22.8 Å². The Morgan fingerprint density at radius 3 is 2.38 bits per heavy atom. The summed E-state index contributed by atoms with van der Waals surface area (Å²) in [6.07, 6.45) is 0.817. The zero-order valence-corrected chi connectivity index (χ0v) is 20.7. The van der Waals surface area contributed by atoms with Gasteiger partial charge in [-0.25, -0.2) is 8.42 Å².